The summed E-state index contributed by atoms with van der Waals surface area (Å²) < 4.78 is 7.32. The Morgan fingerprint density at radius 1 is 1.21 bits per heavy atom. The number of nitrogens with one attached hydrogen (secondary N) is 1. The Labute approximate surface area is 141 Å². The fourth-order valence-electron chi connectivity index (χ4n) is 2.52. The van der Waals surface area contributed by atoms with Crippen LogP contribution in [0.15, 0.2) is 48.8 Å². The van der Waals surface area contributed by atoms with Gasteiger partial charge < -0.3 is 4.74 Å². The van der Waals surface area contributed by atoms with E-state index in [0.717, 1.165) is 22.3 Å². The summed E-state index contributed by atoms with van der Waals surface area (Å²) in [6.07, 6.45) is 3.24. The van der Waals surface area contributed by atoms with Gasteiger partial charge in [0.2, 0.25) is 0 Å². The van der Waals surface area contributed by atoms with Gasteiger partial charge in [0, 0.05) is 17.8 Å². The number of nitrogens with zero attached hydrogens (tertiary/aromatic N) is 2. The first-order chi connectivity index (χ1) is 11.3. The van der Waals surface area contributed by atoms with Crippen LogP contribution in [0.2, 0.25) is 0 Å². The number of rotatable bonds is 2. The second kappa shape index (κ2) is 6.00. The third-order valence-corrected chi connectivity index (χ3v) is 3.50. The molecule has 0 saturated heterocycles. The summed E-state index contributed by atoms with van der Waals surface area (Å²) in [6, 6.07) is 11.8. The van der Waals surface area contributed by atoms with E-state index < -0.39 is 11.7 Å². The number of amides is 1. The Hall–Kier alpha value is -2.82. The van der Waals surface area contributed by atoms with Gasteiger partial charge in [-0.3, -0.25) is 9.88 Å². The topological polar surface area (TPSA) is 56.1 Å². The zero-order valence-corrected chi connectivity index (χ0v) is 14.3. The molecule has 0 fully saturated rings. The molecule has 1 amide bonds. The second-order valence-electron chi connectivity index (χ2n) is 6.75. The average molecular weight is 323 g/mol. The molecule has 1 aromatic carbocycles. The minimum Gasteiger partial charge on any atom is -0.444 e. The van der Waals surface area contributed by atoms with E-state index in [9.17, 15) is 4.79 Å². The summed E-state index contributed by atoms with van der Waals surface area (Å²) in [4.78, 5) is 16.6. The van der Waals surface area contributed by atoms with Gasteiger partial charge in [0.1, 0.15) is 11.2 Å². The number of pyridine rings is 1. The van der Waals surface area contributed by atoms with Gasteiger partial charge in [-0.2, -0.15) is 0 Å². The van der Waals surface area contributed by atoms with Crippen LogP contribution < -0.4 is 5.32 Å². The molecule has 0 aliphatic carbocycles. The smallest absolute Gasteiger partial charge is 0.412 e. The van der Waals surface area contributed by atoms with Crippen LogP contribution in [0.5, 0.6) is 0 Å². The Balaban J connectivity index is 2.02. The van der Waals surface area contributed by atoms with E-state index in [1.807, 2.05) is 74.9 Å². The molecule has 0 radical (unpaired) electrons. The minimum absolute atomic E-state index is 0.475. The van der Waals surface area contributed by atoms with Crippen LogP contribution in [0.4, 0.5) is 10.5 Å². The van der Waals surface area contributed by atoms with E-state index in [1.54, 1.807) is 6.20 Å². The van der Waals surface area contributed by atoms with Crippen molar-refractivity contribution in [2.24, 2.45) is 0 Å². The van der Waals surface area contributed by atoms with Crippen molar-refractivity contribution >= 4 is 22.8 Å². The van der Waals surface area contributed by atoms with Crippen molar-refractivity contribution in [1.29, 1.82) is 0 Å². The Kier molecular flexibility index (Phi) is 4.01. The van der Waals surface area contributed by atoms with Gasteiger partial charge in [-0.25, -0.2) is 9.78 Å². The molecule has 0 saturated carbocycles. The van der Waals surface area contributed by atoms with Crippen molar-refractivity contribution in [3.8, 4) is 5.69 Å². The standard InChI is InChI=1S/C19H21N3O2/c1-13-7-8-15(21-18(23)24-19(2,3)4)16(12-13)22-11-9-14-6-5-10-20-17(14)22/h5-12H,1-4H3,(H,21,23). The van der Waals surface area contributed by atoms with Crippen LogP contribution in [0.25, 0.3) is 16.7 Å². The van der Waals surface area contributed by atoms with Crippen LogP contribution in [0.3, 0.4) is 0 Å². The van der Waals surface area contributed by atoms with Crippen molar-refractivity contribution < 1.29 is 9.53 Å². The molecular weight excluding hydrogens is 302 g/mol. The van der Waals surface area contributed by atoms with Crippen LogP contribution >= 0.6 is 0 Å². The summed E-state index contributed by atoms with van der Waals surface area (Å²) >= 11 is 0. The lowest BCUT2D eigenvalue weighted by atomic mass is 10.2. The molecular formula is C19H21N3O2. The molecule has 5 heteroatoms. The van der Waals surface area contributed by atoms with Gasteiger partial charge in [0.25, 0.3) is 0 Å². The average Bonchev–Trinajstić information content (AvgIpc) is 2.91. The van der Waals surface area contributed by atoms with Gasteiger partial charge in [0.05, 0.1) is 11.4 Å². The van der Waals surface area contributed by atoms with E-state index in [-0.39, 0.29) is 0 Å². The van der Waals surface area contributed by atoms with Crippen molar-refractivity contribution in [2.75, 3.05) is 5.32 Å². The van der Waals surface area contributed by atoms with Crippen molar-refractivity contribution in [3.63, 3.8) is 0 Å². The zero-order valence-electron chi connectivity index (χ0n) is 14.3. The van der Waals surface area contributed by atoms with E-state index in [2.05, 4.69) is 10.3 Å². The Bertz CT molecular complexity index is 891. The first-order valence-corrected chi connectivity index (χ1v) is 7.86. The molecule has 0 atom stereocenters. The third-order valence-electron chi connectivity index (χ3n) is 3.50. The second-order valence-corrected chi connectivity index (χ2v) is 6.75. The summed E-state index contributed by atoms with van der Waals surface area (Å²) in [5.41, 5.74) is 2.93. The van der Waals surface area contributed by atoms with Gasteiger partial charge in [-0.15, -0.1) is 0 Å². The van der Waals surface area contributed by atoms with E-state index in [1.165, 1.54) is 0 Å². The molecule has 0 aliphatic heterocycles. The van der Waals surface area contributed by atoms with Crippen LogP contribution in [-0.2, 0) is 4.74 Å². The summed E-state index contributed by atoms with van der Waals surface area (Å²) in [5.74, 6) is 0. The molecule has 3 rings (SSSR count). The lowest BCUT2D eigenvalue weighted by molar-refractivity contribution is 0.0636. The normalized spacial score (nSPS) is 11.5. The zero-order chi connectivity index (χ0) is 17.3. The highest BCUT2D eigenvalue weighted by Gasteiger charge is 2.18. The largest absolute Gasteiger partial charge is 0.444 e. The maximum absolute atomic E-state index is 12.1. The lowest BCUT2D eigenvalue weighted by Crippen LogP contribution is -2.27. The quantitative estimate of drug-likeness (QED) is 0.745. The van der Waals surface area contributed by atoms with E-state index >= 15 is 0 Å². The number of anilines is 1. The first kappa shape index (κ1) is 16.1. The number of ether oxygens (including phenoxy) is 1. The Morgan fingerprint density at radius 3 is 2.75 bits per heavy atom. The Morgan fingerprint density at radius 2 is 2.00 bits per heavy atom. The number of hydrogen-bond acceptors (Lipinski definition) is 3. The minimum atomic E-state index is -0.545. The number of carbonyl (C=O) groups excluding carboxylic acids is 1. The molecule has 0 aliphatic rings. The van der Waals surface area contributed by atoms with E-state index in [0.29, 0.717) is 5.69 Å². The van der Waals surface area contributed by atoms with Crippen LogP contribution in [0.1, 0.15) is 26.3 Å². The highest BCUT2D eigenvalue weighted by atomic mass is 16.6. The molecule has 1 N–H and O–H groups in total. The molecule has 0 spiro atoms. The van der Waals surface area contributed by atoms with Crippen molar-refractivity contribution in [3.05, 3.63) is 54.4 Å². The first-order valence-electron chi connectivity index (χ1n) is 7.86. The fraction of sp³-hybridized carbons (Fsp3) is 0.263. The number of benzene rings is 1. The van der Waals surface area contributed by atoms with Crippen LogP contribution in [0, 0.1) is 6.92 Å². The number of fused-ring (bicyclic) bond motifs is 1. The predicted molar refractivity (Wildman–Crippen MR) is 95.7 cm³/mol. The predicted octanol–water partition coefficient (Wildman–Crippen LogP) is 4.68. The number of aromatic nitrogens is 2. The molecule has 2 aromatic heterocycles. The highest BCUT2D eigenvalue weighted by molar-refractivity contribution is 5.89. The SMILES string of the molecule is Cc1ccc(NC(=O)OC(C)(C)C)c(-n2ccc3cccnc32)c1. The van der Waals surface area contributed by atoms with Gasteiger partial charge in [-0.1, -0.05) is 6.07 Å². The highest BCUT2D eigenvalue weighted by Crippen LogP contribution is 2.26. The molecule has 0 unspecified atom stereocenters. The summed E-state index contributed by atoms with van der Waals surface area (Å²) in [6.45, 7) is 7.53. The number of carbonyl (C=O) groups is 1. The lowest BCUT2D eigenvalue weighted by Gasteiger charge is -2.21. The number of aryl methyl sites for hydroxylation is 1. The molecule has 2 heterocycles. The van der Waals surface area contributed by atoms with Gasteiger partial charge in [-0.05, 0) is 63.6 Å². The molecule has 5 nitrogen and oxygen atoms in total. The van der Waals surface area contributed by atoms with Gasteiger partial charge in [0.15, 0.2) is 0 Å². The molecule has 124 valence electrons. The molecule has 24 heavy (non-hydrogen) atoms. The van der Waals surface area contributed by atoms with Crippen molar-refractivity contribution in [1.82, 2.24) is 9.55 Å². The summed E-state index contributed by atoms with van der Waals surface area (Å²) in [7, 11) is 0. The van der Waals surface area contributed by atoms with Crippen molar-refractivity contribution in [2.45, 2.75) is 33.3 Å². The third kappa shape index (κ3) is 3.40. The van der Waals surface area contributed by atoms with Crippen LogP contribution in [-0.4, -0.2) is 21.2 Å². The monoisotopic (exact) mass is 323 g/mol. The molecule has 3 aromatic rings. The maximum Gasteiger partial charge on any atom is 0.412 e. The van der Waals surface area contributed by atoms with Gasteiger partial charge >= 0.3 is 6.09 Å². The van der Waals surface area contributed by atoms with E-state index in [4.69, 9.17) is 4.74 Å². The molecule has 0 bridgehead atoms. The number of hydrogen-bond donors (Lipinski definition) is 1. The summed E-state index contributed by atoms with van der Waals surface area (Å²) in [5, 5.41) is 3.88. The fourth-order valence-corrected chi connectivity index (χ4v) is 2.52. The maximum atomic E-state index is 12.1.